The minimum absolute atomic E-state index is 0.0544. The second-order valence-electron chi connectivity index (χ2n) is 7.22. The van der Waals surface area contributed by atoms with Crippen molar-refractivity contribution in [2.45, 2.75) is 31.8 Å². The number of hydrogen-bond donors (Lipinski definition) is 4. The number of ether oxygens (including phenoxy) is 1. The Kier molecular flexibility index (Phi) is 7.79. The SMILES string of the molecule is C=CCOC(=O)NC(CNC(=O)c1cnn(CCc2ccc3c(n2)NCCC3)c1)C(=O)O. The van der Waals surface area contributed by atoms with Crippen molar-refractivity contribution in [1.29, 1.82) is 0 Å². The van der Waals surface area contributed by atoms with Gasteiger partial charge in [-0.3, -0.25) is 9.48 Å². The molecule has 1 aliphatic heterocycles. The Labute approximate surface area is 184 Å². The van der Waals surface area contributed by atoms with Crippen LogP contribution in [-0.2, 0) is 28.9 Å². The van der Waals surface area contributed by atoms with E-state index in [0.29, 0.717) is 13.0 Å². The lowest BCUT2D eigenvalue weighted by Crippen LogP contribution is -2.48. The van der Waals surface area contributed by atoms with E-state index in [0.717, 1.165) is 30.9 Å². The largest absolute Gasteiger partial charge is 0.480 e. The number of anilines is 1. The molecule has 2 amide bonds. The highest BCUT2D eigenvalue weighted by molar-refractivity contribution is 5.94. The van der Waals surface area contributed by atoms with Crippen molar-refractivity contribution in [3.05, 3.63) is 54.0 Å². The highest BCUT2D eigenvalue weighted by atomic mass is 16.5. The van der Waals surface area contributed by atoms with Gasteiger partial charge in [-0.2, -0.15) is 5.10 Å². The smallest absolute Gasteiger partial charge is 0.408 e. The number of fused-ring (bicyclic) bond motifs is 1. The molecule has 0 bridgehead atoms. The van der Waals surface area contributed by atoms with Crippen LogP contribution >= 0.6 is 0 Å². The molecule has 1 aliphatic rings. The molecule has 11 nitrogen and oxygen atoms in total. The van der Waals surface area contributed by atoms with Gasteiger partial charge in [0.2, 0.25) is 0 Å². The van der Waals surface area contributed by atoms with Crippen molar-refractivity contribution in [1.82, 2.24) is 25.4 Å². The van der Waals surface area contributed by atoms with Crippen LogP contribution in [0.5, 0.6) is 0 Å². The molecule has 1 unspecified atom stereocenters. The fraction of sp³-hybridized carbons (Fsp3) is 0.381. The van der Waals surface area contributed by atoms with E-state index in [2.05, 4.69) is 38.7 Å². The number of carboxylic acids is 1. The fourth-order valence-corrected chi connectivity index (χ4v) is 3.16. The van der Waals surface area contributed by atoms with E-state index < -0.39 is 24.0 Å². The molecule has 3 rings (SSSR count). The summed E-state index contributed by atoms with van der Waals surface area (Å²) in [5.41, 5.74) is 2.43. The molecule has 0 fully saturated rings. The lowest BCUT2D eigenvalue weighted by Gasteiger charge is -2.17. The number of alkyl carbamates (subject to hydrolysis) is 1. The molecule has 3 heterocycles. The molecule has 2 aromatic heterocycles. The molecule has 11 heteroatoms. The summed E-state index contributed by atoms with van der Waals surface area (Å²) in [6, 6.07) is 2.75. The van der Waals surface area contributed by atoms with Crippen LogP contribution in [0.1, 0.15) is 28.0 Å². The molecule has 0 aromatic carbocycles. The zero-order valence-corrected chi connectivity index (χ0v) is 17.5. The molecule has 0 spiro atoms. The van der Waals surface area contributed by atoms with E-state index in [1.54, 1.807) is 10.9 Å². The summed E-state index contributed by atoms with van der Waals surface area (Å²) in [6.45, 7) is 4.49. The third kappa shape index (κ3) is 6.30. The van der Waals surface area contributed by atoms with Crippen LogP contribution in [0.4, 0.5) is 10.6 Å². The van der Waals surface area contributed by atoms with Gasteiger partial charge >= 0.3 is 12.1 Å². The lowest BCUT2D eigenvalue weighted by molar-refractivity contribution is -0.139. The van der Waals surface area contributed by atoms with Gasteiger partial charge in [-0.25, -0.2) is 14.6 Å². The van der Waals surface area contributed by atoms with Crippen molar-refractivity contribution in [2.75, 3.05) is 25.0 Å². The first-order valence-corrected chi connectivity index (χ1v) is 10.3. The van der Waals surface area contributed by atoms with E-state index in [4.69, 9.17) is 4.74 Å². The van der Waals surface area contributed by atoms with Crippen molar-refractivity contribution in [3.63, 3.8) is 0 Å². The molecule has 0 saturated carbocycles. The molecular weight excluding hydrogens is 416 g/mol. The van der Waals surface area contributed by atoms with Gasteiger partial charge in [0.15, 0.2) is 0 Å². The minimum Gasteiger partial charge on any atom is -0.480 e. The molecule has 170 valence electrons. The number of hydrogen-bond acceptors (Lipinski definition) is 7. The zero-order valence-electron chi connectivity index (χ0n) is 17.5. The second kappa shape index (κ2) is 10.9. The zero-order chi connectivity index (χ0) is 22.9. The molecular formula is C21H26N6O5. The number of carbonyl (C=O) groups is 3. The van der Waals surface area contributed by atoms with Crippen LogP contribution in [0.15, 0.2) is 37.2 Å². The molecule has 4 N–H and O–H groups in total. The maximum Gasteiger partial charge on any atom is 0.408 e. The summed E-state index contributed by atoms with van der Waals surface area (Å²) in [5, 5.41) is 21.4. The first-order chi connectivity index (χ1) is 15.5. The van der Waals surface area contributed by atoms with Gasteiger partial charge in [-0.05, 0) is 24.5 Å². The number of aryl methyl sites for hydroxylation is 3. The Morgan fingerprint density at radius 3 is 3.00 bits per heavy atom. The molecule has 0 radical (unpaired) electrons. The predicted octanol–water partition coefficient (Wildman–Crippen LogP) is 0.974. The van der Waals surface area contributed by atoms with Crippen molar-refractivity contribution < 1.29 is 24.2 Å². The Bertz CT molecular complexity index is 989. The quantitative estimate of drug-likeness (QED) is 0.398. The molecule has 1 atom stereocenters. The van der Waals surface area contributed by atoms with Crippen LogP contribution in [0, 0.1) is 0 Å². The average molecular weight is 442 g/mol. The molecule has 0 aliphatic carbocycles. The number of nitrogens with one attached hydrogen (secondary N) is 3. The van der Waals surface area contributed by atoms with Crippen LogP contribution in [0.2, 0.25) is 0 Å². The number of pyridine rings is 1. The van der Waals surface area contributed by atoms with Crippen LogP contribution < -0.4 is 16.0 Å². The van der Waals surface area contributed by atoms with E-state index in [9.17, 15) is 19.5 Å². The topological polar surface area (TPSA) is 147 Å². The van der Waals surface area contributed by atoms with E-state index in [1.165, 1.54) is 17.8 Å². The second-order valence-corrected chi connectivity index (χ2v) is 7.22. The summed E-state index contributed by atoms with van der Waals surface area (Å²) in [6.07, 6.45) is 6.20. The van der Waals surface area contributed by atoms with Crippen LogP contribution in [0.25, 0.3) is 0 Å². The van der Waals surface area contributed by atoms with Crippen LogP contribution in [0.3, 0.4) is 0 Å². The number of rotatable bonds is 10. The minimum atomic E-state index is -1.34. The summed E-state index contributed by atoms with van der Waals surface area (Å²) >= 11 is 0. The summed E-state index contributed by atoms with van der Waals surface area (Å²) in [5.74, 6) is -0.868. The highest BCUT2D eigenvalue weighted by Gasteiger charge is 2.22. The first-order valence-electron chi connectivity index (χ1n) is 10.3. The fourth-order valence-electron chi connectivity index (χ4n) is 3.16. The highest BCUT2D eigenvalue weighted by Crippen LogP contribution is 2.19. The number of carboxylic acid groups (broad SMARTS) is 1. The van der Waals surface area contributed by atoms with E-state index in [-0.39, 0.29) is 18.7 Å². The Morgan fingerprint density at radius 1 is 1.38 bits per heavy atom. The van der Waals surface area contributed by atoms with Gasteiger partial charge in [0.25, 0.3) is 5.91 Å². The summed E-state index contributed by atoms with van der Waals surface area (Å²) in [4.78, 5) is 39.8. The van der Waals surface area contributed by atoms with Crippen LogP contribution in [-0.4, -0.2) is 63.6 Å². The summed E-state index contributed by atoms with van der Waals surface area (Å²) < 4.78 is 6.32. The Balaban J connectivity index is 1.49. The number of nitrogens with zero attached hydrogens (tertiary/aromatic N) is 3. The number of carbonyl (C=O) groups excluding carboxylic acids is 2. The maximum absolute atomic E-state index is 12.3. The number of aliphatic carboxylic acids is 1. The Morgan fingerprint density at radius 2 is 2.22 bits per heavy atom. The lowest BCUT2D eigenvalue weighted by atomic mass is 10.1. The van der Waals surface area contributed by atoms with E-state index >= 15 is 0 Å². The number of aromatic nitrogens is 3. The summed E-state index contributed by atoms with van der Waals surface area (Å²) in [7, 11) is 0. The molecule has 32 heavy (non-hydrogen) atoms. The standard InChI is InChI=1S/C21H26N6O5/c1-2-10-32-21(31)26-17(20(29)30)12-23-19(28)15-11-24-27(13-15)9-7-16-6-5-14-4-3-8-22-18(14)25-16/h2,5-6,11,13,17H,1,3-4,7-10,12H2,(H,22,25)(H,23,28)(H,26,31)(H,29,30). The van der Waals surface area contributed by atoms with Gasteiger partial charge in [-0.15, -0.1) is 0 Å². The van der Waals surface area contributed by atoms with E-state index in [1.807, 2.05) is 6.07 Å². The monoisotopic (exact) mass is 442 g/mol. The average Bonchev–Trinajstić information content (AvgIpc) is 3.27. The third-order valence-corrected chi connectivity index (χ3v) is 4.83. The van der Waals surface area contributed by atoms with Gasteiger partial charge in [0.1, 0.15) is 18.5 Å². The van der Waals surface area contributed by atoms with Gasteiger partial charge in [-0.1, -0.05) is 18.7 Å². The van der Waals surface area contributed by atoms with Gasteiger partial charge < -0.3 is 25.8 Å². The number of amides is 2. The van der Waals surface area contributed by atoms with Crippen molar-refractivity contribution >= 4 is 23.8 Å². The first kappa shape index (κ1) is 22.8. The third-order valence-electron chi connectivity index (χ3n) is 4.83. The molecule has 0 saturated heterocycles. The van der Waals surface area contributed by atoms with Gasteiger partial charge in [0.05, 0.1) is 11.8 Å². The molecule has 2 aromatic rings. The Hall–Kier alpha value is -3.89. The predicted molar refractivity (Wildman–Crippen MR) is 115 cm³/mol. The van der Waals surface area contributed by atoms with Gasteiger partial charge in [0, 0.05) is 37.9 Å². The maximum atomic E-state index is 12.3. The van der Waals surface area contributed by atoms with Crippen molar-refractivity contribution in [2.24, 2.45) is 0 Å². The van der Waals surface area contributed by atoms with Crippen molar-refractivity contribution in [3.8, 4) is 0 Å². The normalized spacial score (nSPS) is 13.2.